The van der Waals surface area contributed by atoms with Crippen LogP contribution in [-0.2, 0) is 16.7 Å². The molecule has 0 spiro atoms. The molecule has 1 aromatic heterocycles. The molecule has 5 heteroatoms. The Labute approximate surface area is 149 Å². The first-order valence-corrected chi connectivity index (χ1v) is 8.92. The van der Waals surface area contributed by atoms with Crippen molar-refractivity contribution in [1.82, 2.24) is 15.1 Å². The highest BCUT2D eigenvalue weighted by atomic mass is 16.5. The first-order chi connectivity index (χ1) is 12.0. The lowest BCUT2D eigenvalue weighted by Crippen LogP contribution is -2.45. The van der Waals surface area contributed by atoms with Gasteiger partial charge in [-0.3, -0.25) is 9.48 Å². The van der Waals surface area contributed by atoms with Gasteiger partial charge in [-0.15, -0.1) is 0 Å². The number of aromatic nitrogens is 2. The van der Waals surface area contributed by atoms with Crippen molar-refractivity contribution >= 4 is 5.91 Å². The van der Waals surface area contributed by atoms with Crippen molar-refractivity contribution in [3.8, 4) is 0 Å². The van der Waals surface area contributed by atoms with Gasteiger partial charge in [0.05, 0.1) is 13.2 Å². The summed E-state index contributed by atoms with van der Waals surface area (Å²) < 4.78 is 6.77. The molecule has 3 rings (SSSR count). The van der Waals surface area contributed by atoms with E-state index in [0.717, 1.165) is 12.8 Å². The number of methoxy groups -OCH3 is 1. The van der Waals surface area contributed by atoms with Gasteiger partial charge in [0, 0.05) is 25.3 Å². The van der Waals surface area contributed by atoms with E-state index < -0.39 is 0 Å². The quantitative estimate of drug-likeness (QED) is 0.842. The third kappa shape index (κ3) is 3.76. The van der Waals surface area contributed by atoms with Crippen molar-refractivity contribution in [3.05, 3.63) is 52.8 Å². The Morgan fingerprint density at radius 1 is 1.28 bits per heavy atom. The van der Waals surface area contributed by atoms with Crippen LogP contribution in [0.1, 0.15) is 46.4 Å². The van der Waals surface area contributed by atoms with Gasteiger partial charge in [0.1, 0.15) is 5.69 Å². The molecule has 1 heterocycles. The van der Waals surface area contributed by atoms with Crippen molar-refractivity contribution < 1.29 is 9.53 Å². The van der Waals surface area contributed by atoms with Crippen LogP contribution in [0, 0.1) is 13.8 Å². The molecule has 0 unspecified atom stereocenters. The number of rotatable bonds is 7. The minimum absolute atomic E-state index is 0.0761. The van der Waals surface area contributed by atoms with Gasteiger partial charge >= 0.3 is 0 Å². The number of nitrogens with zero attached hydrogens (tertiary/aromatic N) is 2. The summed E-state index contributed by atoms with van der Waals surface area (Å²) in [6.45, 7) is 6.18. The number of hydrogen-bond acceptors (Lipinski definition) is 3. The van der Waals surface area contributed by atoms with Gasteiger partial charge in [0.15, 0.2) is 0 Å². The zero-order valence-corrected chi connectivity index (χ0v) is 15.3. The molecule has 25 heavy (non-hydrogen) atoms. The smallest absolute Gasteiger partial charge is 0.271 e. The third-order valence-corrected chi connectivity index (χ3v) is 5.42. The molecule has 0 atom stereocenters. The average molecular weight is 341 g/mol. The molecule has 2 aromatic rings. The van der Waals surface area contributed by atoms with Crippen molar-refractivity contribution in [1.29, 1.82) is 0 Å². The Balaban J connectivity index is 1.65. The Morgan fingerprint density at radius 3 is 2.72 bits per heavy atom. The second-order valence-corrected chi connectivity index (χ2v) is 7.07. The normalized spacial score (nSPS) is 15.6. The summed E-state index contributed by atoms with van der Waals surface area (Å²) in [4.78, 5) is 12.5. The third-order valence-electron chi connectivity index (χ3n) is 5.42. The molecular weight excluding hydrogens is 314 g/mol. The molecule has 1 fully saturated rings. The largest absolute Gasteiger partial charge is 0.383 e. The van der Waals surface area contributed by atoms with E-state index in [-0.39, 0.29) is 11.3 Å². The van der Waals surface area contributed by atoms with Gasteiger partial charge in [0.2, 0.25) is 0 Å². The second kappa shape index (κ2) is 7.40. The Bertz CT molecular complexity index is 747. The van der Waals surface area contributed by atoms with Crippen LogP contribution in [0.5, 0.6) is 0 Å². The summed E-state index contributed by atoms with van der Waals surface area (Å²) in [5.74, 6) is -0.105. The molecular formula is C20H27N3O2. The molecule has 0 bridgehead atoms. The number of nitrogens with one attached hydrogen (secondary N) is 1. The molecule has 1 N–H and O–H groups in total. The number of carbonyl (C=O) groups is 1. The summed E-state index contributed by atoms with van der Waals surface area (Å²) >= 11 is 0. The van der Waals surface area contributed by atoms with Crippen molar-refractivity contribution in [2.75, 3.05) is 20.3 Å². The molecule has 0 saturated heterocycles. The van der Waals surface area contributed by atoms with E-state index in [9.17, 15) is 4.79 Å². The molecule has 1 saturated carbocycles. The molecule has 5 nitrogen and oxygen atoms in total. The monoisotopic (exact) mass is 341 g/mol. The summed E-state index contributed by atoms with van der Waals surface area (Å²) in [5.41, 5.74) is 4.50. The lowest BCUT2D eigenvalue weighted by molar-refractivity contribution is 0.0921. The zero-order chi connectivity index (χ0) is 17.9. The summed E-state index contributed by atoms with van der Waals surface area (Å²) in [6.07, 6.45) is 5.28. The maximum Gasteiger partial charge on any atom is 0.271 e. The fourth-order valence-corrected chi connectivity index (χ4v) is 3.37. The average Bonchev–Trinajstić information content (AvgIpc) is 3.04. The number of aryl methyl sites for hydroxylation is 2. The van der Waals surface area contributed by atoms with Crippen LogP contribution < -0.4 is 5.32 Å². The molecule has 1 aliphatic rings. The van der Waals surface area contributed by atoms with Gasteiger partial charge in [-0.2, -0.15) is 5.10 Å². The van der Waals surface area contributed by atoms with Gasteiger partial charge in [-0.05, 0) is 49.4 Å². The summed E-state index contributed by atoms with van der Waals surface area (Å²) in [6, 6.07) is 8.44. The van der Waals surface area contributed by atoms with E-state index in [2.05, 4.69) is 42.5 Å². The number of hydrogen-bond donors (Lipinski definition) is 1. The fourth-order valence-electron chi connectivity index (χ4n) is 3.37. The maximum absolute atomic E-state index is 12.5. The highest BCUT2D eigenvalue weighted by Crippen LogP contribution is 2.43. The van der Waals surface area contributed by atoms with E-state index in [4.69, 9.17) is 4.74 Å². The summed E-state index contributed by atoms with van der Waals surface area (Å²) in [5, 5.41) is 7.41. The number of amides is 1. The lowest BCUT2D eigenvalue weighted by Gasteiger charge is -2.43. The van der Waals surface area contributed by atoms with Crippen LogP contribution in [0.4, 0.5) is 0 Å². The molecule has 0 aliphatic heterocycles. The Morgan fingerprint density at radius 2 is 2.08 bits per heavy atom. The first kappa shape index (κ1) is 17.7. The maximum atomic E-state index is 12.5. The lowest BCUT2D eigenvalue weighted by atomic mass is 9.64. The predicted octanol–water partition coefficient (Wildman–Crippen LogP) is 3.00. The van der Waals surface area contributed by atoms with Crippen LogP contribution in [-0.4, -0.2) is 35.9 Å². The van der Waals surface area contributed by atoms with Crippen LogP contribution in [0.25, 0.3) is 0 Å². The van der Waals surface area contributed by atoms with E-state index in [1.807, 2.05) is 6.20 Å². The molecule has 134 valence electrons. The van der Waals surface area contributed by atoms with Gasteiger partial charge in [0.25, 0.3) is 5.91 Å². The number of benzene rings is 1. The highest BCUT2D eigenvalue weighted by Gasteiger charge is 2.39. The zero-order valence-electron chi connectivity index (χ0n) is 15.3. The molecule has 1 amide bonds. The second-order valence-electron chi connectivity index (χ2n) is 7.07. The van der Waals surface area contributed by atoms with Crippen LogP contribution >= 0.6 is 0 Å². The molecule has 0 radical (unpaired) electrons. The first-order valence-electron chi connectivity index (χ1n) is 8.92. The summed E-state index contributed by atoms with van der Waals surface area (Å²) in [7, 11) is 1.65. The van der Waals surface area contributed by atoms with Crippen LogP contribution in [0.15, 0.2) is 30.5 Å². The predicted molar refractivity (Wildman–Crippen MR) is 97.9 cm³/mol. The van der Waals surface area contributed by atoms with Crippen molar-refractivity contribution in [3.63, 3.8) is 0 Å². The van der Waals surface area contributed by atoms with Crippen LogP contribution in [0.3, 0.4) is 0 Å². The minimum atomic E-state index is -0.105. The Hall–Kier alpha value is -2.14. The molecule has 1 aromatic carbocycles. The van der Waals surface area contributed by atoms with E-state index >= 15 is 0 Å². The van der Waals surface area contributed by atoms with Crippen molar-refractivity contribution in [2.24, 2.45) is 0 Å². The number of ether oxygens (including phenoxy) is 1. The van der Waals surface area contributed by atoms with Crippen molar-refractivity contribution in [2.45, 2.75) is 45.1 Å². The van der Waals surface area contributed by atoms with E-state index in [0.29, 0.717) is 25.4 Å². The van der Waals surface area contributed by atoms with Gasteiger partial charge in [-0.1, -0.05) is 24.6 Å². The number of carbonyl (C=O) groups excluding carboxylic acids is 1. The topological polar surface area (TPSA) is 56.1 Å². The Kier molecular flexibility index (Phi) is 5.23. The fraction of sp³-hybridized carbons (Fsp3) is 0.500. The van der Waals surface area contributed by atoms with Gasteiger partial charge in [-0.25, -0.2) is 0 Å². The standard InChI is InChI=1S/C20H27N3O2/c1-15-5-6-17(13-16(15)2)20(8-4-9-20)14-21-19(24)18-7-10-23(22-18)11-12-25-3/h5-7,10,13H,4,8-9,11-12,14H2,1-3H3,(H,21,24). The SMILES string of the molecule is COCCn1ccc(C(=O)NCC2(c3ccc(C)c(C)c3)CCC2)n1. The highest BCUT2D eigenvalue weighted by molar-refractivity contribution is 5.92. The van der Waals surface area contributed by atoms with Gasteiger partial charge < -0.3 is 10.1 Å². The molecule has 1 aliphatic carbocycles. The van der Waals surface area contributed by atoms with Crippen LogP contribution in [0.2, 0.25) is 0 Å². The van der Waals surface area contributed by atoms with E-state index in [1.165, 1.54) is 23.1 Å². The van der Waals surface area contributed by atoms with E-state index in [1.54, 1.807) is 17.9 Å². The minimum Gasteiger partial charge on any atom is -0.383 e.